The molecular formula is C13H15NOS2. The number of methoxy groups -OCH3 is 1. The minimum absolute atomic E-state index is 0.499. The molecule has 90 valence electrons. The second kappa shape index (κ2) is 5.02. The van der Waals surface area contributed by atoms with Gasteiger partial charge >= 0.3 is 0 Å². The van der Waals surface area contributed by atoms with Gasteiger partial charge in [-0.1, -0.05) is 19.9 Å². The van der Waals surface area contributed by atoms with Crippen LogP contribution < -0.4 is 4.74 Å². The molecule has 2 nitrogen and oxygen atoms in total. The van der Waals surface area contributed by atoms with Crippen molar-refractivity contribution in [2.45, 2.75) is 19.8 Å². The van der Waals surface area contributed by atoms with E-state index in [1.165, 1.54) is 16.9 Å². The molecule has 0 aliphatic heterocycles. The molecule has 17 heavy (non-hydrogen) atoms. The highest BCUT2D eigenvalue weighted by Crippen LogP contribution is 2.32. The Morgan fingerprint density at radius 2 is 2.12 bits per heavy atom. The van der Waals surface area contributed by atoms with Gasteiger partial charge in [0.1, 0.15) is 5.75 Å². The summed E-state index contributed by atoms with van der Waals surface area (Å²) < 4.78 is 6.24. The van der Waals surface area contributed by atoms with Crippen LogP contribution in [0.25, 0.3) is 11.3 Å². The number of hydrogen-bond donors (Lipinski definition) is 1. The van der Waals surface area contributed by atoms with E-state index in [2.05, 4.69) is 37.0 Å². The van der Waals surface area contributed by atoms with Crippen LogP contribution in [0.15, 0.2) is 23.6 Å². The lowest BCUT2D eigenvalue weighted by Crippen LogP contribution is -1.93. The van der Waals surface area contributed by atoms with E-state index in [1.54, 1.807) is 7.11 Å². The fourth-order valence-corrected chi connectivity index (χ4v) is 2.54. The van der Waals surface area contributed by atoms with Crippen LogP contribution in [0.1, 0.15) is 25.3 Å². The second-order valence-electron chi connectivity index (χ2n) is 4.18. The maximum absolute atomic E-state index is 5.45. The molecule has 0 bridgehead atoms. The Labute approximate surface area is 110 Å². The average Bonchev–Trinajstić information content (AvgIpc) is 2.74. The first-order valence-corrected chi connectivity index (χ1v) is 6.76. The highest BCUT2D eigenvalue weighted by molar-refractivity contribution is 7.73. The number of thiazole rings is 1. The SMILES string of the molecule is COc1cc(C(C)C)ccc1-c1csc(=S)[nH]1. The van der Waals surface area contributed by atoms with E-state index in [4.69, 9.17) is 17.0 Å². The molecule has 1 aromatic carbocycles. The van der Waals surface area contributed by atoms with E-state index in [9.17, 15) is 0 Å². The highest BCUT2D eigenvalue weighted by atomic mass is 32.1. The van der Waals surface area contributed by atoms with Crippen LogP contribution in [-0.4, -0.2) is 12.1 Å². The first kappa shape index (κ1) is 12.3. The Morgan fingerprint density at radius 3 is 2.65 bits per heavy atom. The van der Waals surface area contributed by atoms with E-state index in [-0.39, 0.29) is 0 Å². The summed E-state index contributed by atoms with van der Waals surface area (Å²) in [6, 6.07) is 6.31. The Hall–Kier alpha value is -1.13. The lowest BCUT2D eigenvalue weighted by molar-refractivity contribution is 0.415. The van der Waals surface area contributed by atoms with Gasteiger partial charge in [-0.15, -0.1) is 11.3 Å². The molecule has 0 spiro atoms. The minimum atomic E-state index is 0.499. The number of ether oxygens (including phenoxy) is 1. The Kier molecular flexibility index (Phi) is 3.64. The molecule has 2 aromatic rings. The smallest absolute Gasteiger partial charge is 0.158 e. The molecule has 0 saturated heterocycles. The number of aromatic amines is 1. The van der Waals surface area contributed by atoms with Gasteiger partial charge in [0.05, 0.1) is 12.8 Å². The average molecular weight is 265 g/mol. The van der Waals surface area contributed by atoms with Crippen LogP contribution >= 0.6 is 23.6 Å². The zero-order valence-corrected chi connectivity index (χ0v) is 11.7. The third-order valence-corrected chi connectivity index (χ3v) is 3.76. The first-order chi connectivity index (χ1) is 8.11. The van der Waals surface area contributed by atoms with Gasteiger partial charge in [-0.2, -0.15) is 0 Å². The van der Waals surface area contributed by atoms with Gasteiger partial charge in [-0.3, -0.25) is 0 Å². The molecule has 0 aliphatic rings. The number of benzene rings is 1. The quantitative estimate of drug-likeness (QED) is 0.820. The standard InChI is InChI=1S/C13H15NOS2/c1-8(2)9-4-5-10(12(6-9)15-3)11-7-17-13(16)14-11/h4-8H,1-3H3,(H,14,16). The molecule has 0 amide bonds. The Bertz CT molecular complexity index is 569. The normalized spacial score (nSPS) is 10.8. The van der Waals surface area contributed by atoms with Crippen LogP contribution in [0.2, 0.25) is 0 Å². The molecule has 2 rings (SSSR count). The van der Waals surface area contributed by atoms with E-state index < -0.39 is 0 Å². The summed E-state index contributed by atoms with van der Waals surface area (Å²) in [4.78, 5) is 3.17. The van der Waals surface area contributed by atoms with Crippen LogP contribution in [0, 0.1) is 3.95 Å². The Morgan fingerprint density at radius 1 is 1.35 bits per heavy atom. The molecule has 0 fully saturated rings. The van der Waals surface area contributed by atoms with Crippen LogP contribution in [0.5, 0.6) is 5.75 Å². The monoisotopic (exact) mass is 265 g/mol. The van der Waals surface area contributed by atoms with Crippen molar-refractivity contribution < 1.29 is 4.74 Å². The first-order valence-electron chi connectivity index (χ1n) is 5.48. The van der Waals surface area contributed by atoms with Gasteiger partial charge in [0.15, 0.2) is 3.95 Å². The largest absolute Gasteiger partial charge is 0.496 e. The molecule has 0 unspecified atom stereocenters. The van der Waals surface area contributed by atoms with E-state index in [0.717, 1.165) is 21.0 Å². The van der Waals surface area contributed by atoms with Crippen molar-refractivity contribution in [1.29, 1.82) is 0 Å². The third kappa shape index (κ3) is 2.58. The lowest BCUT2D eigenvalue weighted by atomic mass is 10.00. The van der Waals surface area contributed by atoms with Crippen molar-refractivity contribution in [3.8, 4) is 17.0 Å². The molecule has 0 aliphatic carbocycles. The summed E-state index contributed by atoms with van der Waals surface area (Å²) >= 11 is 6.63. The molecular weight excluding hydrogens is 250 g/mol. The summed E-state index contributed by atoms with van der Waals surface area (Å²) in [7, 11) is 1.70. The molecule has 1 aromatic heterocycles. The molecule has 4 heteroatoms. The van der Waals surface area contributed by atoms with E-state index in [1.807, 2.05) is 5.38 Å². The van der Waals surface area contributed by atoms with Crippen molar-refractivity contribution in [2.24, 2.45) is 0 Å². The lowest BCUT2D eigenvalue weighted by Gasteiger charge is -2.11. The maximum Gasteiger partial charge on any atom is 0.158 e. The number of nitrogens with one attached hydrogen (secondary N) is 1. The predicted octanol–water partition coefficient (Wildman–Crippen LogP) is 4.60. The number of H-pyrrole nitrogens is 1. The topological polar surface area (TPSA) is 25.0 Å². The van der Waals surface area contributed by atoms with Gasteiger partial charge < -0.3 is 9.72 Å². The van der Waals surface area contributed by atoms with Crippen molar-refractivity contribution >= 4 is 23.6 Å². The highest BCUT2D eigenvalue weighted by Gasteiger charge is 2.09. The summed E-state index contributed by atoms with van der Waals surface area (Å²) in [6.07, 6.45) is 0. The van der Waals surface area contributed by atoms with Crippen LogP contribution in [0.4, 0.5) is 0 Å². The van der Waals surface area contributed by atoms with Gasteiger partial charge in [0.2, 0.25) is 0 Å². The molecule has 0 radical (unpaired) electrons. The van der Waals surface area contributed by atoms with Crippen LogP contribution in [-0.2, 0) is 0 Å². The third-order valence-electron chi connectivity index (χ3n) is 2.70. The zero-order chi connectivity index (χ0) is 12.4. The predicted molar refractivity (Wildman–Crippen MR) is 75.6 cm³/mol. The van der Waals surface area contributed by atoms with E-state index in [0.29, 0.717) is 5.92 Å². The van der Waals surface area contributed by atoms with Crippen molar-refractivity contribution in [3.63, 3.8) is 0 Å². The molecule has 0 saturated carbocycles. The van der Waals surface area contributed by atoms with E-state index >= 15 is 0 Å². The van der Waals surface area contributed by atoms with Gasteiger partial charge in [0, 0.05) is 10.9 Å². The van der Waals surface area contributed by atoms with Crippen molar-refractivity contribution in [1.82, 2.24) is 4.98 Å². The van der Waals surface area contributed by atoms with Gasteiger partial charge in [0.25, 0.3) is 0 Å². The van der Waals surface area contributed by atoms with Crippen LogP contribution in [0.3, 0.4) is 0 Å². The van der Waals surface area contributed by atoms with Crippen molar-refractivity contribution in [2.75, 3.05) is 7.11 Å². The second-order valence-corrected chi connectivity index (χ2v) is 5.72. The van der Waals surface area contributed by atoms with Gasteiger partial charge in [-0.25, -0.2) is 0 Å². The summed E-state index contributed by atoms with van der Waals surface area (Å²) in [6.45, 7) is 4.35. The number of rotatable bonds is 3. The number of hydrogen-bond acceptors (Lipinski definition) is 3. The Balaban J connectivity index is 2.51. The van der Waals surface area contributed by atoms with Crippen molar-refractivity contribution in [3.05, 3.63) is 33.1 Å². The maximum atomic E-state index is 5.45. The zero-order valence-electron chi connectivity index (χ0n) is 10.1. The molecule has 1 heterocycles. The summed E-state index contributed by atoms with van der Waals surface area (Å²) in [5.41, 5.74) is 3.36. The molecule has 0 atom stereocenters. The summed E-state index contributed by atoms with van der Waals surface area (Å²) in [5, 5.41) is 2.02. The fourth-order valence-electron chi connectivity index (χ4n) is 1.70. The van der Waals surface area contributed by atoms with Gasteiger partial charge in [-0.05, 0) is 35.8 Å². The fraction of sp³-hybridized carbons (Fsp3) is 0.308. The molecule has 1 N–H and O–H groups in total. The number of aromatic nitrogens is 1. The summed E-state index contributed by atoms with van der Waals surface area (Å²) in [5.74, 6) is 1.39. The minimum Gasteiger partial charge on any atom is -0.496 e.